The molecule has 108 valence electrons. The zero-order valence-corrected chi connectivity index (χ0v) is 11.4. The molecule has 0 saturated heterocycles. The molecule has 0 atom stereocenters. The molecule has 1 aliphatic carbocycles. The molecule has 1 N–H and O–H groups in total. The maximum Gasteiger partial charge on any atom is 0.251 e. The maximum atomic E-state index is 13.7. The second kappa shape index (κ2) is 5.87. The van der Waals surface area contributed by atoms with Gasteiger partial charge in [-0.2, -0.15) is 0 Å². The summed E-state index contributed by atoms with van der Waals surface area (Å²) in [6, 6.07) is 3.52. The number of nitrogens with one attached hydrogen (secondary N) is 1. The molecule has 0 spiro atoms. The summed E-state index contributed by atoms with van der Waals surface area (Å²) in [5, 5.41) is 2.62. The summed E-state index contributed by atoms with van der Waals surface area (Å²) in [5.41, 5.74) is -1.51. The zero-order valence-electron chi connectivity index (χ0n) is 10.7. The van der Waals surface area contributed by atoms with E-state index in [2.05, 4.69) is 5.32 Å². The predicted molar refractivity (Wildman–Crippen MR) is 71.0 cm³/mol. The highest BCUT2D eigenvalue weighted by Gasteiger charge is 2.35. The summed E-state index contributed by atoms with van der Waals surface area (Å²) in [5.74, 6) is -0.969. The summed E-state index contributed by atoms with van der Waals surface area (Å²) < 4.78 is 26.7. The largest absolute Gasteiger partial charge is 0.349 e. The smallest absolute Gasteiger partial charge is 0.251 e. The number of hydrogen-bond acceptors (Lipinski definition) is 2. The van der Waals surface area contributed by atoms with Gasteiger partial charge in [-0.05, 0) is 43.9 Å². The van der Waals surface area contributed by atoms with Crippen molar-refractivity contribution >= 4 is 23.8 Å². The fraction of sp³-hybridized carbons (Fsp3) is 0.429. The van der Waals surface area contributed by atoms with Gasteiger partial charge >= 0.3 is 0 Å². The Labute approximate surface area is 120 Å². The summed E-state index contributed by atoms with van der Waals surface area (Å²) >= 11 is 5.61. The van der Waals surface area contributed by atoms with Gasteiger partial charge in [0.25, 0.3) is 5.91 Å². The number of amides is 1. The Morgan fingerprint density at radius 3 is 2.60 bits per heavy atom. The molecule has 0 aliphatic heterocycles. The third-order valence-electron chi connectivity index (χ3n) is 3.55. The molecule has 3 nitrogen and oxygen atoms in total. The quantitative estimate of drug-likeness (QED) is 0.872. The second-order valence-electron chi connectivity index (χ2n) is 5.03. The van der Waals surface area contributed by atoms with Crippen LogP contribution in [0.25, 0.3) is 0 Å². The van der Waals surface area contributed by atoms with Crippen LogP contribution in [0.4, 0.5) is 8.78 Å². The molecule has 2 rings (SSSR count). The fourth-order valence-corrected chi connectivity index (χ4v) is 2.45. The highest BCUT2D eigenvalue weighted by molar-refractivity contribution is 6.31. The molecule has 0 aromatic heterocycles. The fourth-order valence-electron chi connectivity index (χ4n) is 2.27. The van der Waals surface area contributed by atoms with Gasteiger partial charge in [0.05, 0.1) is 5.02 Å². The van der Waals surface area contributed by atoms with Crippen LogP contribution in [0.2, 0.25) is 5.02 Å². The van der Waals surface area contributed by atoms with Crippen LogP contribution in [-0.2, 0) is 4.79 Å². The Hall–Kier alpha value is -1.49. The number of alkyl halides is 1. The minimum Gasteiger partial charge on any atom is -0.349 e. The summed E-state index contributed by atoms with van der Waals surface area (Å²) in [4.78, 5) is 22.5. The van der Waals surface area contributed by atoms with Crippen molar-refractivity contribution in [1.29, 1.82) is 0 Å². The van der Waals surface area contributed by atoms with Gasteiger partial charge in [-0.25, -0.2) is 8.78 Å². The van der Waals surface area contributed by atoms with E-state index in [1.165, 1.54) is 12.1 Å². The van der Waals surface area contributed by atoms with E-state index in [1.54, 1.807) is 0 Å². The van der Waals surface area contributed by atoms with Gasteiger partial charge in [-0.15, -0.1) is 0 Å². The first-order valence-electron chi connectivity index (χ1n) is 6.35. The molecule has 0 heterocycles. The first-order valence-corrected chi connectivity index (χ1v) is 6.72. The molecule has 1 aromatic carbocycles. The van der Waals surface area contributed by atoms with Crippen molar-refractivity contribution in [3.8, 4) is 0 Å². The first kappa shape index (κ1) is 14.9. The van der Waals surface area contributed by atoms with Crippen LogP contribution in [0, 0.1) is 5.82 Å². The van der Waals surface area contributed by atoms with Crippen LogP contribution in [0.15, 0.2) is 18.2 Å². The number of rotatable bonds is 3. The molecule has 1 amide bonds. The van der Waals surface area contributed by atoms with Crippen molar-refractivity contribution < 1.29 is 18.4 Å². The molecule has 0 radical (unpaired) electrons. The summed E-state index contributed by atoms with van der Waals surface area (Å²) in [6.45, 7) is 0. The van der Waals surface area contributed by atoms with Crippen LogP contribution in [0.1, 0.15) is 36.0 Å². The molecule has 1 saturated carbocycles. The molecule has 1 fully saturated rings. The normalized spacial score (nSPS) is 26.1. The third kappa shape index (κ3) is 3.33. The van der Waals surface area contributed by atoms with E-state index in [0.717, 1.165) is 6.07 Å². The molecular weight excluding hydrogens is 288 g/mol. The molecule has 1 aromatic rings. The first-order chi connectivity index (χ1) is 9.43. The molecule has 0 unspecified atom stereocenters. The number of hydrogen-bond donors (Lipinski definition) is 1. The van der Waals surface area contributed by atoms with Gasteiger partial charge in [0.2, 0.25) is 0 Å². The number of halogens is 3. The lowest BCUT2D eigenvalue weighted by Crippen LogP contribution is -2.42. The Balaban J connectivity index is 1.95. The highest BCUT2D eigenvalue weighted by Crippen LogP contribution is 2.30. The lowest BCUT2D eigenvalue weighted by atomic mass is 9.84. The van der Waals surface area contributed by atoms with Crippen LogP contribution in [-0.4, -0.2) is 23.9 Å². The number of carbonyl (C=O) groups is 2. The van der Waals surface area contributed by atoms with Gasteiger partial charge in [0.15, 0.2) is 12.0 Å². The van der Waals surface area contributed by atoms with Crippen molar-refractivity contribution in [3.63, 3.8) is 0 Å². The molecule has 1 aliphatic rings. The lowest BCUT2D eigenvalue weighted by Gasteiger charge is -2.30. The van der Waals surface area contributed by atoms with Crippen molar-refractivity contribution in [2.24, 2.45) is 0 Å². The monoisotopic (exact) mass is 301 g/mol. The van der Waals surface area contributed by atoms with Crippen molar-refractivity contribution in [2.75, 3.05) is 0 Å². The number of aldehydes is 1. The van der Waals surface area contributed by atoms with Crippen LogP contribution < -0.4 is 5.32 Å². The van der Waals surface area contributed by atoms with E-state index in [9.17, 15) is 18.4 Å². The van der Waals surface area contributed by atoms with E-state index in [1.807, 2.05) is 0 Å². The van der Waals surface area contributed by atoms with E-state index >= 15 is 0 Å². The van der Waals surface area contributed by atoms with Crippen LogP contribution >= 0.6 is 11.6 Å². The Morgan fingerprint density at radius 2 is 2.05 bits per heavy atom. The van der Waals surface area contributed by atoms with Gasteiger partial charge in [-0.3, -0.25) is 9.59 Å². The van der Waals surface area contributed by atoms with E-state index < -0.39 is 11.5 Å². The second-order valence-corrected chi connectivity index (χ2v) is 5.44. The summed E-state index contributed by atoms with van der Waals surface area (Å²) in [6.07, 6.45) is 1.34. The maximum absolute atomic E-state index is 13.7. The highest BCUT2D eigenvalue weighted by atomic mass is 35.5. The molecule has 0 bridgehead atoms. The van der Waals surface area contributed by atoms with Crippen LogP contribution in [0.3, 0.4) is 0 Å². The lowest BCUT2D eigenvalue weighted by molar-refractivity contribution is -0.119. The van der Waals surface area contributed by atoms with E-state index in [0.29, 0.717) is 19.1 Å². The van der Waals surface area contributed by atoms with Gasteiger partial charge in [-0.1, -0.05) is 11.6 Å². The van der Waals surface area contributed by atoms with Gasteiger partial charge in [0.1, 0.15) is 5.82 Å². The van der Waals surface area contributed by atoms with Gasteiger partial charge in [0, 0.05) is 11.6 Å². The van der Waals surface area contributed by atoms with Crippen molar-refractivity contribution in [1.82, 2.24) is 5.32 Å². The molecule has 20 heavy (non-hydrogen) atoms. The zero-order chi connectivity index (χ0) is 14.8. The molecule has 6 heteroatoms. The van der Waals surface area contributed by atoms with Gasteiger partial charge < -0.3 is 5.32 Å². The summed E-state index contributed by atoms with van der Waals surface area (Å²) in [7, 11) is 0. The minimum absolute atomic E-state index is 0.103. The number of carbonyl (C=O) groups excluding carboxylic acids is 2. The Bertz CT molecular complexity index is 528. The predicted octanol–water partition coefficient (Wildman–Crippen LogP) is 3.06. The average Bonchev–Trinajstić information content (AvgIpc) is 2.44. The Morgan fingerprint density at radius 1 is 1.40 bits per heavy atom. The molecular formula is C14H14ClF2NO2. The Kier molecular flexibility index (Phi) is 4.38. The minimum atomic E-state index is -1.76. The SMILES string of the molecule is O=CC1(F)CCC(NC(=O)c2ccc(F)c(Cl)c2)CC1. The number of benzene rings is 1. The average molecular weight is 302 g/mol. The standard InChI is InChI=1S/C14H14ClF2NO2/c15-11-7-9(1-2-12(11)16)13(20)18-10-3-5-14(17,8-19)6-4-10/h1-2,7-8,10H,3-6H2,(H,18,20). The van der Waals surface area contributed by atoms with E-state index in [4.69, 9.17) is 11.6 Å². The topological polar surface area (TPSA) is 46.2 Å². The van der Waals surface area contributed by atoms with Crippen LogP contribution in [0.5, 0.6) is 0 Å². The van der Waals surface area contributed by atoms with E-state index in [-0.39, 0.29) is 35.4 Å². The van der Waals surface area contributed by atoms with Crippen molar-refractivity contribution in [2.45, 2.75) is 37.4 Å². The third-order valence-corrected chi connectivity index (χ3v) is 3.83. The van der Waals surface area contributed by atoms with Crippen molar-refractivity contribution in [3.05, 3.63) is 34.6 Å².